The van der Waals surface area contributed by atoms with E-state index in [0.29, 0.717) is 32.6 Å². The number of nitrogens with one attached hydrogen (secondary N) is 1. The molecule has 4 heterocycles. The van der Waals surface area contributed by atoms with E-state index in [0.717, 1.165) is 35.6 Å². The van der Waals surface area contributed by atoms with Gasteiger partial charge in [0.2, 0.25) is 5.91 Å². The van der Waals surface area contributed by atoms with Crippen LogP contribution >= 0.6 is 0 Å². The van der Waals surface area contributed by atoms with Crippen molar-refractivity contribution in [3.8, 4) is 0 Å². The number of hydrogen-bond acceptors (Lipinski definition) is 6. The number of carbonyl (C=O) groups excluding carboxylic acids is 1. The summed E-state index contributed by atoms with van der Waals surface area (Å²) in [4.78, 5) is 27.6. The van der Waals surface area contributed by atoms with E-state index in [4.69, 9.17) is 9.90 Å². The van der Waals surface area contributed by atoms with Crippen LogP contribution in [-0.2, 0) is 16.1 Å². The first-order chi connectivity index (χ1) is 14.4. The number of nitrogens with zero attached hydrogens (tertiary/aromatic N) is 4. The first kappa shape index (κ1) is 21.8. The highest BCUT2D eigenvalue weighted by molar-refractivity contribution is 5.85. The average molecular weight is 415 g/mol. The second kappa shape index (κ2) is 9.25. The van der Waals surface area contributed by atoms with Crippen LogP contribution in [0, 0.1) is 19.3 Å². The molecule has 2 saturated heterocycles. The van der Waals surface area contributed by atoms with Gasteiger partial charge in [0, 0.05) is 31.5 Å². The molecule has 0 saturated carbocycles. The van der Waals surface area contributed by atoms with Crippen molar-refractivity contribution < 1.29 is 19.8 Å². The number of amides is 1. The van der Waals surface area contributed by atoms with Gasteiger partial charge < -0.3 is 20.4 Å². The Morgan fingerprint density at radius 1 is 1.37 bits per heavy atom. The SMILES string of the molecule is Cc1cc(C)n(Cc2ccc(N3CC[C@@H](O)[C@@]4(CCCNC4=O)C3)nc2)n1.O=CO. The molecule has 2 aliphatic rings. The number of aryl methyl sites for hydroxylation is 2. The highest BCUT2D eigenvalue weighted by Gasteiger charge is 2.50. The third-order valence-electron chi connectivity index (χ3n) is 5.89. The lowest BCUT2D eigenvalue weighted by molar-refractivity contribution is -0.142. The zero-order valence-corrected chi connectivity index (χ0v) is 17.4. The minimum absolute atomic E-state index is 0.0212. The van der Waals surface area contributed by atoms with Crippen LogP contribution in [0.5, 0.6) is 0 Å². The van der Waals surface area contributed by atoms with Crippen molar-refractivity contribution in [2.24, 2.45) is 5.41 Å². The lowest BCUT2D eigenvalue weighted by atomic mass is 9.71. The van der Waals surface area contributed by atoms with Crippen molar-refractivity contribution in [1.29, 1.82) is 0 Å². The summed E-state index contributed by atoms with van der Waals surface area (Å²) < 4.78 is 1.98. The van der Waals surface area contributed by atoms with Gasteiger partial charge in [-0.2, -0.15) is 5.10 Å². The van der Waals surface area contributed by atoms with Crippen LogP contribution in [0.15, 0.2) is 24.4 Å². The maximum absolute atomic E-state index is 12.5. The molecule has 0 radical (unpaired) electrons. The molecule has 2 fully saturated rings. The molecule has 2 atom stereocenters. The summed E-state index contributed by atoms with van der Waals surface area (Å²) in [7, 11) is 0. The molecule has 1 amide bonds. The Labute approximate surface area is 175 Å². The zero-order valence-electron chi connectivity index (χ0n) is 17.4. The number of aromatic nitrogens is 3. The standard InChI is InChI=1S/C20H27N5O2.CH2O2/c1-14-10-15(2)25(23-14)12-16-4-5-18(22-11-16)24-9-6-17(26)20(13-24)7-3-8-21-19(20)27;2-1-3/h4-5,10-11,17,26H,3,6-9,12-13H2,1-2H3,(H,21,27);1H,(H,2,3)/t17-,20-;/m1./s1. The van der Waals surface area contributed by atoms with Crippen LogP contribution < -0.4 is 10.2 Å². The van der Waals surface area contributed by atoms with E-state index in [1.807, 2.05) is 23.9 Å². The van der Waals surface area contributed by atoms with Gasteiger partial charge in [-0.05, 0) is 50.8 Å². The molecule has 4 rings (SSSR count). The molecule has 0 unspecified atom stereocenters. The topological polar surface area (TPSA) is 121 Å². The summed E-state index contributed by atoms with van der Waals surface area (Å²) in [5.74, 6) is 0.837. The molecule has 2 aromatic rings. The van der Waals surface area contributed by atoms with Crippen molar-refractivity contribution in [3.63, 3.8) is 0 Å². The fourth-order valence-electron chi connectivity index (χ4n) is 4.34. The molecule has 0 bridgehead atoms. The second-order valence-corrected chi connectivity index (χ2v) is 7.96. The maximum Gasteiger partial charge on any atom is 0.290 e. The first-order valence-corrected chi connectivity index (χ1v) is 10.1. The minimum Gasteiger partial charge on any atom is -0.483 e. The summed E-state index contributed by atoms with van der Waals surface area (Å²) in [6.07, 6.45) is 3.52. The van der Waals surface area contributed by atoms with Crippen molar-refractivity contribution in [2.45, 2.75) is 45.8 Å². The highest BCUT2D eigenvalue weighted by Crippen LogP contribution is 2.38. The van der Waals surface area contributed by atoms with Crippen molar-refractivity contribution in [2.75, 3.05) is 24.5 Å². The van der Waals surface area contributed by atoms with Gasteiger partial charge in [0.05, 0.1) is 23.8 Å². The van der Waals surface area contributed by atoms with Crippen molar-refractivity contribution >= 4 is 18.2 Å². The summed E-state index contributed by atoms with van der Waals surface area (Å²) >= 11 is 0. The van der Waals surface area contributed by atoms with Crippen LogP contribution in [-0.4, -0.2) is 63.1 Å². The zero-order chi connectivity index (χ0) is 21.7. The normalized spacial score (nSPS) is 23.5. The quantitative estimate of drug-likeness (QED) is 0.642. The molecule has 3 N–H and O–H groups in total. The largest absolute Gasteiger partial charge is 0.483 e. The minimum atomic E-state index is -0.708. The van der Waals surface area contributed by atoms with Crippen LogP contribution in [0.25, 0.3) is 0 Å². The molecule has 0 aliphatic carbocycles. The van der Waals surface area contributed by atoms with E-state index >= 15 is 0 Å². The fraction of sp³-hybridized carbons (Fsp3) is 0.524. The van der Waals surface area contributed by atoms with E-state index in [9.17, 15) is 9.90 Å². The van der Waals surface area contributed by atoms with E-state index in [2.05, 4.69) is 39.4 Å². The van der Waals surface area contributed by atoms with Gasteiger partial charge in [-0.25, -0.2) is 4.98 Å². The van der Waals surface area contributed by atoms with Gasteiger partial charge in [0.25, 0.3) is 6.47 Å². The van der Waals surface area contributed by atoms with E-state index < -0.39 is 11.5 Å². The van der Waals surface area contributed by atoms with Gasteiger partial charge in [-0.3, -0.25) is 14.3 Å². The van der Waals surface area contributed by atoms with Crippen molar-refractivity contribution in [3.05, 3.63) is 41.3 Å². The second-order valence-electron chi connectivity index (χ2n) is 7.96. The Morgan fingerprint density at radius 2 is 2.13 bits per heavy atom. The Hall–Kier alpha value is -2.94. The Morgan fingerprint density at radius 3 is 2.73 bits per heavy atom. The number of carbonyl (C=O) groups is 2. The third-order valence-corrected chi connectivity index (χ3v) is 5.89. The number of anilines is 1. The predicted octanol–water partition coefficient (Wildman–Crippen LogP) is 1.11. The number of carboxylic acid groups (broad SMARTS) is 1. The molecule has 9 nitrogen and oxygen atoms in total. The van der Waals surface area contributed by atoms with Gasteiger partial charge in [0.15, 0.2) is 0 Å². The van der Waals surface area contributed by atoms with Gasteiger partial charge >= 0.3 is 0 Å². The third kappa shape index (κ3) is 4.46. The number of pyridine rings is 1. The molecule has 2 aromatic heterocycles. The van der Waals surface area contributed by atoms with Crippen LogP contribution in [0.2, 0.25) is 0 Å². The van der Waals surface area contributed by atoms with E-state index in [1.54, 1.807) is 0 Å². The fourth-order valence-corrected chi connectivity index (χ4v) is 4.34. The van der Waals surface area contributed by atoms with Gasteiger partial charge in [-0.1, -0.05) is 6.07 Å². The molecule has 2 aliphatic heterocycles. The lowest BCUT2D eigenvalue weighted by Crippen LogP contribution is -2.61. The molecule has 162 valence electrons. The summed E-state index contributed by atoms with van der Waals surface area (Å²) in [5.41, 5.74) is 2.53. The first-order valence-electron chi connectivity index (χ1n) is 10.1. The average Bonchev–Trinajstić information content (AvgIpc) is 3.04. The van der Waals surface area contributed by atoms with Crippen LogP contribution in [0.1, 0.15) is 36.2 Å². The van der Waals surface area contributed by atoms with E-state index in [-0.39, 0.29) is 12.4 Å². The van der Waals surface area contributed by atoms with Crippen LogP contribution in [0.4, 0.5) is 5.82 Å². The summed E-state index contributed by atoms with van der Waals surface area (Å²) in [5, 5.41) is 24.9. The van der Waals surface area contributed by atoms with Gasteiger partial charge in [0.1, 0.15) is 5.82 Å². The number of aliphatic hydroxyl groups excluding tert-OH is 1. The monoisotopic (exact) mass is 415 g/mol. The molecule has 30 heavy (non-hydrogen) atoms. The summed E-state index contributed by atoms with van der Waals surface area (Å²) in [6.45, 7) is 6.41. The molecular formula is C21H29N5O4. The van der Waals surface area contributed by atoms with Crippen LogP contribution in [0.3, 0.4) is 0 Å². The van der Waals surface area contributed by atoms with E-state index in [1.165, 1.54) is 0 Å². The number of aliphatic hydroxyl groups is 1. The predicted molar refractivity (Wildman–Crippen MR) is 111 cm³/mol. The Bertz CT molecular complexity index is 882. The maximum atomic E-state index is 12.5. The number of rotatable bonds is 3. The Balaban J connectivity index is 0.000000806. The lowest BCUT2D eigenvalue weighted by Gasteiger charge is -2.47. The van der Waals surface area contributed by atoms with Crippen molar-refractivity contribution in [1.82, 2.24) is 20.1 Å². The van der Waals surface area contributed by atoms with Gasteiger partial charge in [-0.15, -0.1) is 0 Å². The summed E-state index contributed by atoms with van der Waals surface area (Å²) in [6, 6.07) is 6.14. The molecule has 1 spiro atoms. The highest BCUT2D eigenvalue weighted by atomic mass is 16.3. The smallest absolute Gasteiger partial charge is 0.290 e. The molecule has 0 aromatic carbocycles. The number of piperidine rings is 2. The molecular weight excluding hydrogens is 386 g/mol. The number of hydrogen-bond donors (Lipinski definition) is 3. The Kier molecular flexibility index (Phi) is 6.71. The molecule has 9 heteroatoms.